The van der Waals surface area contributed by atoms with Crippen LogP contribution in [0.5, 0.6) is 11.5 Å². The van der Waals surface area contributed by atoms with Crippen LogP contribution in [0.15, 0.2) is 29.5 Å². The van der Waals surface area contributed by atoms with Gasteiger partial charge in [0.25, 0.3) is 0 Å². The first-order valence-electron chi connectivity index (χ1n) is 9.07. The van der Waals surface area contributed by atoms with Gasteiger partial charge in [-0.15, -0.1) is 10.2 Å². The molecule has 2 rings (SSSR count). The average Bonchev–Trinajstić information content (AvgIpc) is 3.14. The number of aliphatic imine (C=N–C) groups is 1. The lowest BCUT2D eigenvalue weighted by Crippen LogP contribution is -2.39. The monoisotopic (exact) mass is 396 g/mol. The number of ether oxygens (including phenoxy) is 2. The third-order valence-electron chi connectivity index (χ3n) is 3.89. The van der Waals surface area contributed by atoms with E-state index < -0.39 is 6.61 Å². The summed E-state index contributed by atoms with van der Waals surface area (Å²) in [4.78, 5) is 4.46. The minimum absolute atomic E-state index is 0.0764. The molecule has 1 aromatic carbocycles. The van der Waals surface area contributed by atoms with Gasteiger partial charge in [0.1, 0.15) is 23.7 Å². The Labute approximate surface area is 163 Å². The molecule has 2 aromatic rings. The number of benzene rings is 1. The van der Waals surface area contributed by atoms with Crippen LogP contribution in [0.4, 0.5) is 8.78 Å². The van der Waals surface area contributed by atoms with E-state index in [2.05, 4.69) is 30.6 Å². The van der Waals surface area contributed by atoms with E-state index in [0.717, 1.165) is 12.2 Å². The summed E-state index contributed by atoms with van der Waals surface area (Å²) < 4.78 is 37.0. The van der Waals surface area contributed by atoms with E-state index in [1.165, 1.54) is 13.2 Å². The van der Waals surface area contributed by atoms with Gasteiger partial charge >= 0.3 is 6.61 Å². The number of aromatic nitrogens is 3. The molecule has 0 spiro atoms. The molecule has 10 heteroatoms. The second-order valence-corrected chi connectivity index (χ2v) is 5.77. The lowest BCUT2D eigenvalue weighted by Gasteiger charge is -2.14. The van der Waals surface area contributed by atoms with Crippen molar-refractivity contribution < 1.29 is 18.3 Å². The summed E-state index contributed by atoms with van der Waals surface area (Å²) >= 11 is 0. The molecule has 0 bridgehead atoms. The minimum atomic E-state index is -2.90. The fourth-order valence-electron chi connectivity index (χ4n) is 2.56. The SMILES string of the molecule is CCNC(=NCc1cc(OC)ccc1OC(F)F)NCCn1cnnc1CC. The Balaban J connectivity index is 2.04. The molecule has 8 nitrogen and oxygen atoms in total. The van der Waals surface area contributed by atoms with Crippen LogP contribution in [-0.4, -0.2) is 47.5 Å². The van der Waals surface area contributed by atoms with Crippen molar-refractivity contribution in [3.05, 3.63) is 35.9 Å². The number of rotatable bonds is 10. The van der Waals surface area contributed by atoms with Crippen molar-refractivity contribution in [3.8, 4) is 11.5 Å². The summed E-state index contributed by atoms with van der Waals surface area (Å²) in [5.74, 6) is 2.10. The molecule has 0 unspecified atom stereocenters. The van der Waals surface area contributed by atoms with Gasteiger partial charge in [0, 0.05) is 31.6 Å². The molecule has 0 fully saturated rings. The number of halogens is 2. The van der Waals surface area contributed by atoms with E-state index in [-0.39, 0.29) is 12.3 Å². The van der Waals surface area contributed by atoms with Gasteiger partial charge in [-0.2, -0.15) is 8.78 Å². The lowest BCUT2D eigenvalue weighted by atomic mass is 10.2. The Morgan fingerprint density at radius 3 is 2.79 bits per heavy atom. The van der Waals surface area contributed by atoms with Crippen molar-refractivity contribution in [1.29, 1.82) is 0 Å². The molecule has 154 valence electrons. The van der Waals surface area contributed by atoms with Crippen molar-refractivity contribution in [2.24, 2.45) is 4.99 Å². The molecule has 0 aliphatic heterocycles. The average molecular weight is 396 g/mol. The Morgan fingerprint density at radius 1 is 1.29 bits per heavy atom. The van der Waals surface area contributed by atoms with Gasteiger partial charge < -0.3 is 24.7 Å². The minimum Gasteiger partial charge on any atom is -0.497 e. The summed E-state index contributed by atoms with van der Waals surface area (Å²) in [6.45, 7) is 3.17. The number of nitrogens with zero attached hydrogens (tertiary/aromatic N) is 4. The zero-order chi connectivity index (χ0) is 20.4. The van der Waals surface area contributed by atoms with Crippen LogP contribution in [0.2, 0.25) is 0 Å². The molecular weight excluding hydrogens is 370 g/mol. The number of guanidine groups is 1. The van der Waals surface area contributed by atoms with Gasteiger partial charge in [-0.05, 0) is 25.1 Å². The van der Waals surface area contributed by atoms with Crippen LogP contribution in [0.1, 0.15) is 25.2 Å². The molecule has 28 heavy (non-hydrogen) atoms. The summed E-state index contributed by atoms with van der Waals surface area (Å²) in [5.41, 5.74) is 0.504. The van der Waals surface area contributed by atoms with E-state index >= 15 is 0 Å². The first kappa shape index (κ1) is 21.4. The van der Waals surface area contributed by atoms with Gasteiger partial charge in [0.05, 0.1) is 13.7 Å². The number of nitrogens with one attached hydrogen (secondary N) is 2. The quantitative estimate of drug-likeness (QED) is 0.473. The number of alkyl halides is 2. The van der Waals surface area contributed by atoms with Gasteiger partial charge in [0.15, 0.2) is 5.96 Å². The fourth-order valence-corrected chi connectivity index (χ4v) is 2.56. The zero-order valence-electron chi connectivity index (χ0n) is 16.3. The molecule has 0 saturated carbocycles. The fraction of sp³-hybridized carbons (Fsp3) is 0.500. The summed E-state index contributed by atoms with van der Waals surface area (Å²) in [5, 5.41) is 14.3. The second kappa shape index (κ2) is 11.1. The molecule has 1 heterocycles. The molecule has 0 atom stereocenters. The molecule has 0 saturated heterocycles. The highest BCUT2D eigenvalue weighted by Gasteiger charge is 2.11. The van der Waals surface area contributed by atoms with E-state index in [1.54, 1.807) is 18.5 Å². The van der Waals surface area contributed by atoms with Gasteiger partial charge in [-0.25, -0.2) is 4.99 Å². The molecule has 1 aromatic heterocycles. The van der Waals surface area contributed by atoms with E-state index in [0.29, 0.717) is 36.9 Å². The molecule has 0 aliphatic carbocycles. The Hall–Kier alpha value is -2.91. The molecule has 0 amide bonds. The highest BCUT2D eigenvalue weighted by atomic mass is 19.3. The molecule has 0 radical (unpaired) electrons. The first-order valence-corrected chi connectivity index (χ1v) is 9.07. The van der Waals surface area contributed by atoms with E-state index in [4.69, 9.17) is 4.74 Å². The van der Waals surface area contributed by atoms with Crippen LogP contribution < -0.4 is 20.1 Å². The number of methoxy groups -OCH3 is 1. The van der Waals surface area contributed by atoms with Crippen LogP contribution >= 0.6 is 0 Å². The Kier molecular flexibility index (Phi) is 8.44. The van der Waals surface area contributed by atoms with Crippen LogP contribution in [0, 0.1) is 0 Å². The second-order valence-electron chi connectivity index (χ2n) is 5.77. The van der Waals surface area contributed by atoms with Crippen molar-refractivity contribution in [1.82, 2.24) is 25.4 Å². The highest BCUT2D eigenvalue weighted by molar-refractivity contribution is 5.79. The molecular formula is C18H26F2N6O2. The highest BCUT2D eigenvalue weighted by Crippen LogP contribution is 2.26. The normalized spacial score (nSPS) is 11.6. The van der Waals surface area contributed by atoms with Crippen molar-refractivity contribution in [2.75, 3.05) is 20.2 Å². The van der Waals surface area contributed by atoms with E-state index in [1.807, 2.05) is 18.4 Å². The van der Waals surface area contributed by atoms with Crippen molar-refractivity contribution in [2.45, 2.75) is 40.0 Å². The number of hydrogen-bond donors (Lipinski definition) is 2. The van der Waals surface area contributed by atoms with Gasteiger partial charge in [-0.1, -0.05) is 6.92 Å². The Morgan fingerprint density at radius 2 is 2.11 bits per heavy atom. The van der Waals surface area contributed by atoms with Crippen molar-refractivity contribution in [3.63, 3.8) is 0 Å². The van der Waals surface area contributed by atoms with Crippen LogP contribution in [0.3, 0.4) is 0 Å². The summed E-state index contributed by atoms with van der Waals surface area (Å²) in [7, 11) is 1.51. The van der Waals surface area contributed by atoms with Crippen molar-refractivity contribution >= 4 is 5.96 Å². The maximum atomic E-state index is 12.6. The topological polar surface area (TPSA) is 85.6 Å². The van der Waals surface area contributed by atoms with Crippen LogP contribution in [0.25, 0.3) is 0 Å². The van der Waals surface area contributed by atoms with Gasteiger partial charge in [-0.3, -0.25) is 0 Å². The molecule has 0 aliphatic rings. The zero-order valence-corrected chi connectivity index (χ0v) is 16.3. The summed E-state index contributed by atoms with van der Waals surface area (Å²) in [6, 6.07) is 4.66. The third kappa shape index (κ3) is 6.36. The predicted octanol–water partition coefficient (Wildman–Crippen LogP) is 2.21. The predicted molar refractivity (Wildman–Crippen MR) is 102 cm³/mol. The Bertz CT molecular complexity index is 766. The first-order chi connectivity index (χ1) is 13.6. The lowest BCUT2D eigenvalue weighted by molar-refractivity contribution is -0.0504. The van der Waals surface area contributed by atoms with Crippen LogP contribution in [-0.2, 0) is 19.5 Å². The third-order valence-corrected chi connectivity index (χ3v) is 3.89. The maximum Gasteiger partial charge on any atom is 0.387 e. The smallest absolute Gasteiger partial charge is 0.387 e. The largest absolute Gasteiger partial charge is 0.497 e. The van der Waals surface area contributed by atoms with E-state index in [9.17, 15) is 8.78 Å². The number of hydrogen-bond acceptors (Lipinski definition) is 5. The summed E-state index contributed by atoms with van der Waals surface area (Å²) in [6.07, 6.45) is 2.49. The van der Waals surface area contributed by atoms with Gasteiger partial charge in [0.2, 0.25) is 0 Å². The standard InChI is InChI=1S/C18H26F2N6O2/c1-4-16-25-24-12-26(16)9-8-22-18(21-5-2)23-11-13-10-14(27-3)6-7-15(13)28-17(19)20/h6-7,10,12,17H,4-5,8-9,11H2,1-3H3,(H2,21,22,23). The number of aryl methyl sites for hydroxylation is 1. The maximum absolute atomic E-state index is 12.6. The molecule has 2 N–H and O–H groups in total.